The summed E-state index contributed by atoms with van der Waals surface area (Å²) in [5, 5.41) is 9.62. The summed E-state index contributed by atoms with van der Waals surface area (Å²) >= 11 is 0. The Bertz CT molecular complexity index is 734. The van der Waals surface area contributed by atoms with Gasteiger partial charge in [0.2, 0.25) is 0 Å². The number of benzene rings is 1. The van der Waals surface area contributed by atoms with Gasteiger partial charge < -0.3 is 14.6 Å². The average Bonchev–Trinajstić information content (AvgIpc) is 2.88. The number of hydrogen-bond acceptors (Lipinski definition) is 3. The molecular formula is C22H28O4. The Balaban J connectivity index is 1.60. The highest BCUT2D eigenvalue weighted by Gasteiger charge is 2.43. The lowest BCUT2D eigenvalue weighted by Crippen LogP contribution is -2.31. The third-order valence-corrected chi connectivity index (χ3v) is 5.33. The molecule has 2 atom stereocenters. The van der Waals surface area contributed by atoms with Gasteiger partial charge in [-0.05, 0) is 47.4 Å². The van der Waals surface area contributed by atoms with Crippen LogP contribution in [0.1, 0.15) is 39.2 Å². The molecule has 1 saturated carbocycles. The minimum absolute atomic E-state index is 0.292. The quantitative estimate of drug-likeness (QED) is 0.597. The van der Waals surface area contributed by atoms with E-state index in [2.05, 4.69) is 6.08 Å². The number of fused-ring (bicyclic) bond motifs is 1. The fraction of sp³-hybridized carbons (Fsp3) is 0.500. The zero-order valence-electron chi connectivity index (χ0n) is 16.0. The number of rotatable bonds is 6. The topological polar surface area (TPSA) is 55.8 Å². The van der Waals surface area contributed by atoms with Crippen molar-refractivity contribution >= 4 is 5.97 Å². The van der Waals surface area contributed by atoms with Crippen molar-refractivity contribution < 1.29 is 19.4 Å². The smallest absolute Gasteiger partial charge is 0.332 e. The molecule has 1 fully saturated rings. The molecule has 3 rings (SSSR count). The summed E-state index contributed by atoms with van der Waals surface area (Å²) in [5.74, 6) is 0.918. The number of carboxylic acids is 1. The number of allylic oxidation sites excluding steroid dienone is 2. The predicted octanol–water partition coefficient (Wildman–Crippen LogP) is 4.61. The van der Waals surface area contributed by atoms with Crippen molar-refractivity contribution in [3.63, 3.8) is 0 Å². The first kappa shape index (κ1) is 18.7. The molecule has 2 aliphatic rings. The maximum Gasteiger partial charge on any atom is 0.332 e. The van der Waals surface area contributed by atoms with Gasteiger partial charge in [0.25, 0.3) is 0 Å². The molecule has 4 heteroatoms. The number of hydrogen-bond donors (Lipinski definition) is 1. The van der Waals surface area contributed by atoms with Crippen LogP contribution in [0.25, 0.3) is 0 Å². The van der Waals surface area contributed by atoms with Crippen LogP contribution in [0.5, 0.6) is 5.75 Å². The molecule has 0 aromatic heterocycles. The summed E-state index contributed by atoms with van der Waals surface area (Å²) < 4.78 is 11.0. The summed E-state index contributed by atoms with van der Waals surface area (Å²) in [6.45, 7) is 7.13. The zero-order chi connectivity index (χ0) is 18.9. The molecule has 0 spiro atoms. The molecule has 1 N–H and O–H groups in total. The van der Waals surface area contributed by atoms with Crippen LogP contribution >= 0.6 is 0 Å². The van der Waals surface area contributed by atoms with Crippen LogP contribution in [0.3, 0.4) is 0 Å². The van der Waals surface area contributed by atoms with Crippen LogP contribution in [-0.2, 0) is 16.1 Å². The first-order valence-corrected chi connectivity index (χ1v) is 9.16. The molecule has 0 amide bonds. The molecule has 0 saturated heterocycles. The van der Waals surface area contributed by atoms with Gasteiger partial charge in [-0.1, -0.05) is 44.6 Å². The van der Waals surface area contributed by atoms with Gasteiger partial charge >= 0.3 is 5.97 Å². The minimum atomic E-state index is -0.774. The minimum Gasteiger partial charge on any atom is -0.497 e. The van der Waals surface area contributed by atoms with E-state index in [9.17, 15) is 9.90 Å². The van der Waals surface area contributed by atoms with Crippen molar-refractivity contribution in [1.29, 1.82) is 0 Å². The van der Waals surface area contributed by atoms with Crippen LogP contribution < -0.4 is 4.74 Å². The standard InChI is InChI=1S/C22H28O4/c1-22(2,3)20(21(23)24)19-11-16-9-15(10-18(16)19)13-26-12-14-5-7-17(25-4)8-6-14/h5-8,10,16,18H,9,11-13H2,1-4H3,(H,23,24)/t16-,18-/m0/s1. The van der Waals surface area contributed by atoms with E-state index in [1.165, 1.54) is 5.57 Å². The molecule has 0 bridgehead atoms. The molecule has 140 valence electrons. The Hall–Kier alpha value is -2.07. The highest BCUT2D eigenvalue weighted by Crippen LogP contribution is 2.52. The maximum atomic E-state index is 11.7. The van der Waals surface area contributed by atoms with Gasteiger partial charge in [-0.2, -0.15) is 0 Å². The molecule has 0 heterocycles. The SMILES string of the molecule is COc1ccc(COCC2=C[C@@H]3C(=C(C(=O)O)C(C)(C)C)C[C@@H]3C2)cc1. The highest BCUT2D eigenvalue weighted by atomic mass is 16.5. The second-order valence-corrected chi connectivity index (χ2v) is 8.32. The molecule has 4 nitrogen and oxygen atoms in total. The molecule has 1 aromatic rings. The largest absolute Gasteiger partial charge is 0.497 e. The maximum absolute atomic E-state index is 11.7. The van der Waals surface area contributed by atoms with E-state index >= 15 is 0 Å². The second-order valence-electron chi connectivity index (χ2n) is 8.32. The fourth-order valence-electron chi connectivity index (χ4n) is 4.10. The number of carboxylic acid groups (broad SMARTS) is 1. The Morgan fingerprint density at radius 1 is 1.15 bits per heavy atom. The first-order chi connectivity index (χ1) is 12.3. The van der Waals surface area contributed by atoms with Crippen molar-refractivity contribution in [2.45, 2.75) is 40.2 Å². The van der Waals surface area contributed by atoms with Crippen LogP contribution in [0.2, 0.25) is 0 Å². The fourth-order valence-corrected chi connectivity index (χ4v) is 4.10. The first-order valence-electron chi connectivity index (χ1n) is 9.16. The van der Waals surface area contributed by atoms with Gasteiger partial charge in [-0.15, -0.1) is 0 Å². The molecule has 2 aliphatic carbocycles. The van der Waals surface area contributed by atoms with Crippen molar-refractivity contribution in [1.82, 2.24) is 0 Å². The van der Waals surface area contributed by atoms with E-state index < -0.39 is 5.97 Å². The summed E-state index contributed by atoms with van der Waals surface area (Å²) in [7, 11) is 1.66. The van der Waals surface area contributed by atoms with Gasteiger partial charge in [0.15, 0.2) is 0 Å². The Morgan fingerprint density at radius 3 is 2.42 bits per heavy atom. The summed E-state index contributed by atoms with van der Waals surface area (Å²) in [6.07, 6.45) is 4.17. The van der Waals surface area contributed by atoms with Crippen LogP contribution in [0.15, 0.2) is 47.1 Å². The molecule has 0 aliphatic heterocycles. The lowest BCUT2D eigenvalue weighted by molar-refractivity contribution is -0.133. The van der Waals surface area contributed by atoms with Crippen molar-refractivity contribution in [3.8, 4) is 5.75 Å². The van der Waals surface area contributed by atoms with E-state index in [4.69, 9.17) is 9.47 Å². The molecule has 0 radical (unpaired) electrons. The predicted molar refractivity (Wildman–Crippen MR) is 101 cm³/mol. The Kier molecular flexibility index (Phi) is 5.24. The zero-order valence-corrected chi connectivity index (χ0v) is 16.0. The summed E-state index contributed by atoms with van der Waals surface area (Å²) in [4.78, 5) is 11.7. The van der Waals surface area contributed by atoms with Crippen molar-refractivity contribution in [2.75, 3.05) is 13.7 Å². The van der Waals surface area contributed by atoms with Crippen molar-refractivity contribution in [3.05, 3.63) is 52.6 Å². The molecule has 26 heavy (non-hydrogen) atoms. The number of aliphatic carboxylic acids is 1. The summed E-state index contributed by atoms with van der Waals surface area (Å²) in [6, 6.07) is 7.89. The van der Waals surface area contributed by atoms with E-state index in [-0.39, 0.29) is 5.41 Å². The van der Waals surface area contributed by atoms with E-state index in [0.29, 0.717) is 30.6 Å². The van der Waals surface area contributed by atoms with Gasteiger partial charge in [0.1, 0.15) is 5.75 Å². The van der Waals surface area contributed by atoms with Gasteiger partial charge in [-0.25, -0.2) is 4.79 Å². The van der Waals surface area contributed by atoms with Crippen LogP contribution in [0, 0.1) is 17.3 Å². The van der Waals surface area contributed by atoms with Crippen molar-refractivity contribution in [2.24, 2.45) is 17.3 Å². The molecular weight excluding hydrogens is 328 g/mol. The van der Waals surface area contributed by atoms with Gasteiger partial charge in [0.05, 0.1) is 20.3 Å². The lowest BCUT2D eigenvalue weighted by Gasteiger charge is -2.38. The number of carbonyl (C=O) groups is 1. The highest BCUT2D eigenvalue weighted by molar-refractivity contribution is 5.89. The Labute approximate surface area is 155 Å². The molecule has 1 aromatic carbocycles. The van der Waals surface area contributed by atoms with E-state index in [1.807, 2.05) is 45.0 Å². The van der Waals surface area contributed by atoms with Crippen LogP contribution in [-0.4, -0.2) is 24.8 Å². The van der Waals surface area contributed by atoms with Crippen LogP contribution in [0.4, 0.5) is 0 Å². The monoisotopic (exact) mass is 356 g/mol. The third kappa shape index (κ3) is 3.85. The number of methoxy groups -OCH3 is 1. The number of ether oxygens (including phenoxy) is 2. The lowest BCUT2D eigenvalue weighted by atomic mass is 9.65. The average molecular weight is 356 g/mol. The normalized spacial score (nSPS) is 23.8. The van der Waals surface area contributed by atoms with Gasteiger partial charge in [-0.3, -0.25) is 0 Å². The second kappa shape index (κ2) is 7.28. The van der Waals surface area contributed by atoms with E-state index in [0.717, 1.165) is 29.7 Å². The third-order valence-electron chi connectivity index (χ3n) is 5.33. The molecule has 0 unspecified atom stereocenters. The Morgan fingerprint density at radius 2 is 1.85 bits per heavy atom. The summed E-state index contributed by atoms with van der Waals surface area (Å²) in [5.41, 5.74) is 3.79. The van der Waals surface area contributed by atoms with Gasteiger partial charge in [0, 0.05) is 11.5 Å². The van der Waals surface area contributed by atoms with E-state index in [1.54, 1.807) is 7.11 Å².